The summed E-state index contributed by atoms with van der Waals surface area (Å²) in [4.78, 5) is 31.8. The lowest BCUT2D eigenvalue weighted by Crippen LogP contribution is -2.46. The maximum absolute atomic E-state index is 13.0. The summed E-state index contributed by atoms with van der Waals surface area (Å²) in [7, 11) is 0. The zero-order chi connectivity index (χ0) is 22.6. The van der Waals surface area contributed by atoms with Gasteiger partial charge in [-0.05, 0) is 42.7 Å². The highest BCUT2D eigenvalue weighted by Crippen LogP contribution is 2.27. The molecule has 0 bridgehead atoms. The van der Waals surface area contributed by atoms with Crippen molar-refractivity contribution in [2.75, 3.05) is 13.1 Å². The Hall–Kier alpha value is -3.52. The smallest absolute Gasteiger partial charge is 0.257 e. The van der Waals surface area contributed by atoms with Gasteiger partial charge in [-0.1, -0.05) is 42.1 Å². The molecule has 3 heterocycles. The average molecular weight is 462 g/mol. The Labute approximate surface area is 195 Å². The van der Waals surface area contributed by atoms with Crippen molar-refractivity contribution in [1.29, 1.82) is 0 Å². The molecule has 1 saturated heterocycles. The number of thioether (sulfide) groups is 1. The van der Waals surface area contributed by atoms with Gasteiger partial charge in [0, 0.05) is 30.4 Å². The summed E-state index contributed by atoms with van der Waals surface area (Å²) >= 11 is 1.47. The molecule has 0 spiro atoms. The highest BCUT2D eigenvalue weighted by Gasteiger charge is 2.26. The number of piperidine rings is 1. The van der Waals surface area contributed by atoms with E-state index >= 15 is 0 Å². The number of hydrogen-bond donors (Lipinski definition) is 1. The van der Waals surface area contributed by atoms with E-state index < -0.39 is 0 Å². The first kappa shape index (κ1) is 21.3. The minimum atomic E-state index is -0.0941. The van der Waals surface area contributed by atoms with Crippen molar-refractivity contribution in [2.45, 2.75) is 29.9 Å². The zero-order valence-corrected chi connectivity index (χ0v) is 18.7. The van der Waals surface area contributed by atoms with Crippen LogP contribution in [0.4, 0.5) is 0 Å². The Balaban J connectivity index is 1.19. The largest absolute Gasteiger partial charge is 0.472 e. The van der Waals surface area contributed by atoms with Crippen LogP contribution in [-0.4, -0.2) is 40.8 Å². The molecule has 33 heavy (non-hydrogen) atoms. The predicted octanol–water partition coefficient (Wildman–Crippen LogP) is 4.75. The second-order valence-electron chi connectivity index (χ2n) is 7.95. The second-order valence-corrected chi connectivity index (χ2v) is 8.87. The lowest BCUT2D eigenvalue weighted by Gasteiger charge is -2.32. The number of nitrogens with zero attached hydrogens (tertiary/aromatic N) is 2. The van der Waals surface area contributed by atoms with Crippen molar-refractivity contribution in [3.05, 3.63) is 83.8 Å². The second kappa shape index (κ2) is 9.54. The van der Waals surface area contributed by atoms with E-state index in [0.717, 1.165) is 29.5 Å². The summed E-state index contributed by atoms with van der Waals surface area (Å²) in [5.41, 5.74) is 3.71. The van der Waals surface area contributed by atoms with Crippen molar-refractivity contribution in [1.82, 2.24) is 15.2 Å². The standard InChI is InChI=1S/C25H23N3O4S/c29-23(26-19-9-12-28(13-10-19)24(30)17-11-14-31-15-17)20-6-2-1-5-18(20)16-33-25-27-21-7-3-4-8-22(21)32-25/h1-8,11,14-15,19H,9-10,12-13,16H2,(H,26,29). The van der Waals surface area contributed by atoms with Crippen LogP contribution in [0.2, 0.25) is 0 Å². The number of amides is 2. The van der Waals surface area contributed by atoms with Gasteiger partial charge >= 0.3 is 0 Å². The summed E-state index contributed by atoms with van der Waals surface area (Å²) in [6.07, 6.45) is 4.40. The van der Waals surface area contributed by atoms with Crippen LogP contribution in [-0.2, 0) is 5.75 Å². The number of oxazole rings is 1. The average Bonchev–Trinajstić information content (AvgIpc) is 3.53. The molecule has 168 valence electrons. The van der Waals surface area contributed by atoms with E-state index in [4.69, 9.17) is 8.83 Å². The van der Waals surface area contributed by atoms with Gasteiger partial charge in [-0.25, -0.2) is 4.98 Å². The number of carbonyl (C=O) groups is 2. The highest BCUT2D eigenvalue weighted by atomic mass is 32.2. The fraction of sp³-hybridized carbons (Fsp3) is 0.240. The Bertz CT molecular complexity index is 1230. The van der Waals surface area contributed by atoms with Crippen LogP contribution in [0.5, 0.6) is 0 Å². The summed E-state index contributed by atoms with van der Waals surface area (Å²) in [5.74, 6) is 0.451. The van der Waals surface area contributed by atoms with Crippen molar-refractivity contribution in [3.8, 4) is 0 Å². The van der Waals surface area contributed by atoms with Crippen molar-refractivity contribution < 1.29 is 18.4 Å². The lowest BCUT2D eigenvalue weighted by atomic mass is 10.0. The molecule has 0 unspecified atom stereocenters. The first-order valence-corrected chi connectivity index (χ1v) is 11.8. The number of aromatic nitrogens is 1. The van der Waals surface area contributed by atoms with Crippen LogP contribution in [0.3, 0.4) is 0 Å². The number of benzene rings is 2. The molecular formula is C25H23N3O4S. The van der Waals surface area contributed by atoms with Crippen LogP contribution in [0.1, 0.15) is 39.1 Å². The number of para-hydroxylation sites is 2. The summed E-state index contributed by atoms with van der Waals surface area (Å²) < 4.78 is 10.8. The van der Waals surface area contributed by atoms with Gasteiger partial charge in [-0.2, -0.15) is 0 Å². The van der Waals surface area contributed by atoms with Gasteiger partial charge in [0.25, 0.3) is 17.0 Å². The summed E-state index contributed by atoms with van der Waals surface area (Å²) in [5, 5.41) is 3.73. The van der Waals surface area contributed by atoms with Gasteiger partial charge in [0.05, 0.1) is 11.8 Å². The number of hydrogen-bond acceptors (Lipinski definition) is 6. The summed E-state index contributed by atoms with van der Waals surface area (Å²) in [6.45, 7) is 1.20. The highest BCUT2D eigenvalue weighted by molar-refractivity contribution is 7.98. The zero-order valence-electron chi connectivity index (χ0n) is 17.9. The molecule has 0 aliphatic carbocycles. The Morgan fingerprint density at radius 3 is 2.64 bits per heavy atom. The van der Waals surface area contributed by atoms with Gasteiger partial charge in [0.1, 0.15) is 11.8 Å². The molecular weight excluding hydrogens is 438 g/mol. The third-order valence-corrected chi connectivity index (χ3v) is 6.65. The van der Waals surface area contributed by atoms with E-state index in [2.05, 4.69) is 10.3 Å². The van der Waals surface area contributed by atoms with Crippen molar-refractivity contribution in [2.24, 2.45) is 0 Å². The quantitative estimate of drug-likeness (QED) is 0.417. The molecule has 4 aromatic rings. The predicted molar refractivity (Wildman–Crippen MR) is 125 cm³/mol. The van der Waals surface area contributed by atoms with Gasteiger partial charge in [-0.15, -0.1) is 0 Å². The Morgan fingerprint density at radius 1 is 1.06 bits per heavy atom. The minimum absolute atomic E-state index is 0.0312. The number of fused-ring (bicyclic) bond motifs is 1. The maximum Gasteiger partial charge on any atom is 0.257 e. The number of furan rings is 1. The summed E-state index contributed by atoms with van der Waals surface area (Å²) in [6, 6.07) is 16.9. The maximum atomic E-state index is 13.0. The molecule has 7 nitrogen and oxygen atoms in total. The van der Waals surface area contributed by atoms with E-state index in [0.29, 0.717) is 35.2 Å². The van der Waals surface area contributed by atoms with Crippen LogP contribution in [0.25, 0.3) is 11.1 Å². The van der Waals surface area contributed by atoms with Gasteiger partial charge in [0.15, 0.2) is 5.58 Å². The first-order valence-electron chi connectivity index (χ1n) is 10.9. The van der Waals surface area contributed by atoms with E-state index in [1.165, 1.54) is 24.3 Å². The molecule has 0 atom stereocenters. The molecule has 1 aliphatic heterocycles. The van der Waals surface area contributed by atoms with E-state index in [9.17, 15) is 9.59 Å². The molecule has 1 N–H and O–H groups in total. The van der Waals surface area contributed by atoms with Crippen molar-refractivity contribution in [3.63, 3.8) is 0 Å². The van der Waals surface area contributed by atoms with Crippen LogP contribution in [0, 0.1) is 0 Å². The molecule has 1 aliphatic rings. The fourth-order valence-electron chi connectivity index (χ4n) is 3.98. The normalized spacial score (nSPS) is 14.5. The SMILES string of the molecule is O=C(NC1CCN(C(=O)c2ccoc2)CC1)c1ccccc1CSc1nc2ccccc2o1. The Kier molecular flexibility index (Phi) is 6.17. The first-order chi connectivity index (χ1) is 16.2. The topological polar surface area (TPSA) is 88.6 Å². The molecule has 1 fully saturated rings. The number of likely N-dealkylation sites (tertiary alicyclic amines) is 1. The molecule has 0 saturated carbocycles. The van der Waals surface area contributed by atoms with Crippen molar-refractivity contribution >= 4 is 34.7 Å². The third-order valence-electron chi connectivity index (χ3n) is 5.77. The van der Waals surface area contributed by atoms with Gasteiger partial charge < -0.3 is 19.1 Å². The van der Waals surface area contributed by atoms with Gasteiger partial charge in [0.2, 0.25) is 0 Å². The molecule has 2 amide bonds. The Morgan fingerprint density at radius 2 is 1.85 bits per heavy atom. The van der Waals surface area contributed by atoms with Gasteiger partial charge in [-0.3, -0.25) is 9.59 Å². The number of nitrogens with one attached hydrogen (secondary N) is 1. The van der Waals surface area contributed by atoms with E-state index in [-0.39, 0.29) is 17.9 Å². The van der Waals surface area contributed by atoms with E-state index in [1.807, 2.05) is 48.5 Å². The van der Waals surface area contributed by atoms with Crippen LogP contribution in [0.15, 0.2) is 81.2 Å². The third kappa shape index (κ3) is 4.80. The molecule has 5 rings (SSSR count). The van der Waals surface area contributed by atoms with E-state index in [1.54, 1.807) is 11.0 Å². The number of rotatable bonds is 6. The fourth-order valence-corrected chi connectivity index (χ4v) is 4.82. The monoisotopic (exact) mass is 461 g/mol. The van der Waals surface area contributed by atoms with Crippen LogP contribution < -0.4 is 5.32 Å². The molecule has 0 radical (unpaired) electrons. The molecule has 2 aromatic carbocycles. The lowest BCUT2D eigenvalue weighted by molar-refractivity contribution is 0.0697. The molecule has 2 aromatic heterocycles. The number of carbonyl (C=O) groups excluding carboxylic acids is 2. The van der Waals surface area contributed by atoms with Crippen LogP contribution >= 0.6 is 11.8 Å². The minimum Gasteiger partial charge on any atom is -0.472 e. The molecule has 8 heteroatoms.